The van der Waals surface area contributed by atoms with E-state index in [1.54, 1.807) is 12.1 Å². The first-order valence-corrected chi connectivity index (χ1v) is 10.2. The highest BCUT2D eigenvalue weighted by atomic mass is 19.1. The Kier molecular flexibility index (Phi) is 7.33. The molecule has 0 aliphatic carbocycles. The molecule has 2 heterocycles. The van der Waals surface area contributed by atoms with Crippen molar-refractivity contribution in [1.29, 1.82) is 0 Å². The predicted octanol–water partition coefficient (Wildman–Crippen LogP) is 3.37. The van der Waals surface area contributed by atoms with Gasteiger partial charge < -0.3 is 15.4 Å². The van der Waals surface area contributed by atoms with Crippen molar-refractivity contribution >= 4 is 11.7 Å². The first-order valence-electron chi connectivity index (χ1n) is 10.2. The molecule has 0 spiro atoms. The second-order valence-corrected chi connectivity index (χ2v) is 7.53. The Morgan fingerprint density at radius 2 is 1.87 bits per heavy atom. The molecule has 30 heavy (non-hydrogen) atoms. The van der Waals surface area contributed by atoms with Gasteiger partial charge in [-0.3, -0.25) is 9.69 Å². The van der Waals surface area contributed by atoms with Crippen LogP contribution in [0.4, 0.5) is 14.6 Å². The molecule has 2 aromatic rings. The van der Waals surface area contributed by atoms with Gasteiger partial charge in [0.15, 0.2) is 0 Å². The average Bonchev–Trinajstić information content (AvgIpc) is 2.70. The number of amides is 1. The maximum Gasteiger partial charge on any atom is 0.252 e. The van der Waals surface area contributed by atoms with Gasteiger partial charge in [0, 0.05) is 37.9 Å². The number of halogens is 2. The van der Waals surface area contributed by atoms with Crippen LogP contribution in [0.25, 0.3) is 0 Å². The molecule has 6 nitrogen and oxygen atoms in total. The lowest BCUT2D eigenvalue weighted by molar-refractivity contribution is -0.0801. The first-order chi connectivity index (χ1) is 14.4. The monoisotopic (exact) mass is 418 g/mol. The van der Waals surface area contributed by atoms with E-state index in [-0.39, 0.29) is 30.2 Å². The zero-order valence-corrected chi connectivity index (χ0v) is 17.5. The Morgan fingerprint density at radius 1 is 1.20 bits per heavy atom. The molecule has 1 aliphatic heterocycles. The summed E-state index contributed by atoms with van der Waals surface area (Å²) in [5, 5.41) is 5.88. The fraction of sp³-hybridized carbons (Fsp3) is 0.455. The van der Waals surface area contributed by atoms with Gasteiger partial charge in [-0.25, -0.2) is 13.8 Å². The van der Waals surface area contributed by atoms with Crippen molar-refractivity contribution in [3.63, 3.8) is 0 Å². The van der Waals surface area contributed by atoms with E-state index >= 15 is 0 Å². The Bertz CT molecular complexity index is 832. The number of carbonyl (C=O) groups is 1. The van der Waals surface area contributed by atoms with Gasteiger partial charge in [-0.1, -0.05) is 6.07 Å². The highest BCUT2D eigenvalue weighted by molar-refractivity contribution is 5.93. The number of aromatic nitrogens is 1. The topological polar surface area (TPSA) is 66.5 Å². The number of hydrogen-bond acceptors (Lipinski definition) is 5. The summed E-state index contributed by atoms with van der Waals surface area (Å²) in [5.41, 5.74) is 0.486. The lowest BCUT2D eigenvalue weighted by Crippen LogP contribution is -2.48. The number of hydrogen-bond donors (Lipinski definition) is 2. The molecule has 8 heteroatoms. The van der Waals surface area contributed by atoms with Gasteiger partial charge in [0.1, 0.15) is 17.5 Å². The van der Waals surface area contributed by atoms with Crippen molar-refractivity contribution in [2.24, 2.45) is 0 Å². The molecule has 1 amide bonds. The summed E-state index contributed by atoms with van der Waals surface area (Å²) in [6.07, 6.45) is 1.39. The van der Waals surface area contributed by atoms with E-state index in [0.717, 1.165) is 0 Å². The molecule has 0 radical (unpaired) electrons. The third-order valence-corrected chi connectivity index (χ3v) is 5.06. The first kappa shape index (κ1) is 22.1. The maximum atomic E-state index is 14.6. The van der Waals surface area contributed by atoms with Crippen LogP contribution < -0.4 is 10.6 Å². The molecular weight excluding hydrogens is 390 g/mol. The maximum absolute atomic E-state index is 14.6. The van der Waals surface area contributed by atoms with Crippen LogP contribution in [0.5, 0.6) is 0 Å². The van der Waals surface area contributed by atoms with Crippen LogP contribution in [-0.4, -0.2) is 54.2 Å². The number of morpholine rings is 1. The highest BCUT2D eigenvalue weighted by Crippen LogP contribution is 2.29. The number of benzene rings is 1. The van der Waals surface area contributed by atoms with E-state index in [0.29, 0.717) is 31.0 Å². The summed E-state index contributed by atoms with van der Waals surface area (Å²) in [5.74, 6) is -0.820. The van der Waals surface area contributed by atoms with Crippen LogP contribution in [0, 0.1) is 11.6 Å². The van der Waals surface area contributed by atoms with E-state index in [1.165, 1.54) is 24.4 Å². The summed E-state index contributed by atoms with van der Waals surface area (Å²) >= 11 is 0. The largest absolute Gasteiger partial charge is 0.373 e. The van der Waals surface area contributed by atoms with E-state index < -0.39 is 17.7 Å². The van der Waals surface area contributed by atoms with Gasteiger partial charge in [-0.15, -0.1) is 0 Å². The summed E-state index contributed by atoms with van der Waals surface area (Å²) in [6.45, 7) is 7.66. The predicted molar refractivity (Wildman–Crippen MR) is 111 cm³/mol. The standard InChI is InChI=1S/C22H28F2N4O2/c1-4-25-22(29)16-8-9-20(26-10-16)27-11-19(21-17(23)6-5-7-18(21)24)28-12-14(2)30-15(3)13-28/h5-10,14-15,19H,4,11-13H2,1-3H3,(H,25,29)(H,26,27). The van der Waals surface area contributed by atoms with Crippen LogP contribution >= 0.6 is 0 Å². The van der Waals surface area contributed by atoms with Gasteiger partial charge in [0.25, 0.3) is 5.91 Å². The molecule has 0 bridgehead atoms. The number of nitrogens with zero attached hydrogens (tertiary/aromatic N) is 2. The summed E-state index contributed by atoms with van der Waals surface area (Å²) < 4.78 is 35.0. The average molecular weight is 418 g/mol. The molecule has 3 unspecified atom stereocenters. The smallest absolute Gasteiger partial charge is 0.252 e. The Hall–Kier alpha value is -2.58. The Morgan fingerprint density at radius 3 is 2.43 bits per heavy atom. The number of anilines is 1. The van der Waals surface area contributed by atoms with Crippen LogP contribution in [0.15, 0.2) is 36.5 Å². The summed E-state index contributed by atoms with van der Waals surface area (Å²) in [6, 6.07) is 6.73. The minimum atomic E-state index is -0.576. The third kappa shape index (κ3) is 5.31. The van der Waals surface area contributed by atoms with Crippen molar-refractivity contribution in [3.8, 4) is 0 Å². The van der Waals surface area contributed by atoms with Crippen molar-refractivity contribution in [3.05, 3.63) is 59.3 Å². The number of pyridine rings is 1. The Labute approximate surface area is 175 Å². The number of nitrogens with one attached hydrogen (secondary N) is 2. The summed E-state index contributed by atoms with van der Waals surface area (Å²) in [7, 11) is 0. The van der Waals surface area contributed by atoms with Crippen LogP contribution in [0.3, 0.4) is 0 Å². The van der Waals surface area contributed by atoms with E-state index in [9.17, 15) is 13.6 Å². The molecule has 1 fully saturated rings. The molecular formula is C22H28F2N4O2. The van der Waals surface area contributed by atoms with Crippen molar-refractivity contribution < 1.29 is 18.3 Å². The molecule has 1 aromatic heterocycles. The second kappa shape index (κ2) is 9.95. The lowest BCUT2D eigenvalue weighted by Gasteiger charge is -2.40. The zero-order chi connectivity index (χ0) is 21.7. The minimum absolute atomic E-state index is 0.0326. The minimum Gasteiger partial charge on any atom is -0.373 e. The van der Waals surface area contributed by atoms with Crippen molar-refractivity contribution in [1.82, 2.24) is 15.2 Å². The van der Waals surface area contributed by atoms with E-state index in [4.69, 9.17) is 4.74 Å². The Balaban J connectivity index is 1.80. The SMILES string of the molecule is CCNC(=O)c1ccc(NCC(c2c(F)cccc2F)N2CC(C)OC(C)C2)nc1. The van der Waals surface area contributed by atoms with Gasteiger partial charge in [0.2, 0.25) is 0 Å². The van der Waals surface area contributed by atoms with Crippen LogP contribution in [0.1, 0.15) is 42.7 Å². The van der Waals surface area contributed by atoms with Gasteiger partial charge in [-0.2, -0.15) is 0 Å². The molecule has 3 atom stereocenters. The van der Waals surface area contributed by atoms with Gasteiger partial charge >= 0.3 is 0 Å². The fourth-order valence-electron chi connectivity index (χ4n) is 3.81. The molecule has 1 aliphatic rings. The highest BCUT2D eigenvalue weighted by Gasteiger charge is 2.32. The molecule has 3 rings (SSSR count). The molecule has 162 valence electrons. The third-order valence-electron chi connectivity index (χ3n) is 5.06. The van der Waals surface area contributed by atoms with E-state index in [1.807, 2.05) is 25.7 Å². The number of rotatable bonds is 7. The molecule has 1 aromatic carbocycles. The quantitative estimate of drug-likeness (QED) is 0.722. The zero-order valence-electron chi connectivity index (χ0n) is 17.5. The molecule has 1 saturated heterocycles. The van der Waals surface area contributed by atoms with Gasteiger partial charge in [-0.05, 0) is 45.0 Å². The van der Waals surface area contributed by atoms with Gasteiger partial charge in [0.05, 0.1) is 23.8 Å². The fourth-order valence-corrected chi connectivity index (χ4v) is 3.81. The summed E-state index contributed by atoms with van der Waals surface area (Å²) in [4.78, 5) is 18.2. The van der Waals surface area contributed by atoms with E-state index in [2.05, 4.69) is 15.6 Å². The van der Waals surface area contributed by atoms with Crippen LogP contribution in [-0.2, 0) is 4.74 Å². The molecule has 2 N–H and O–H groups in total. The van der Waals surface area contributed by atoms with Crippen molar-refractivity contribution in [2.45, 2.75) is 39.0 Å². The van der Waals surface area contributed by atoms with Crippen molar-refractivity contribution in [2.75, 3.05) is 31.5 Å². The van der Waals surface area contributed by atoms with Crippen LogP contribution in [0.2, 0.25) is 0 Å². The number of ether oxygens (including phenoxy) is 1. The number of carbonyl (C=O) groups excluding carboxylic acids is 1. The second-order valence-electron chi connectivity index (χ2n) is 7.53. The molecule has 0 saturated carbocycles. The lowest BCUT2D eigenvalue weighted by atomic mass is 10.0. The normalized spacial score (nSPS) is 20.6.